The topological polar surface area (TPSA) is 47.6 Å². The summed E-state index contributed by atoms with van der Waals surface area (Å²) < 4.78 is 33.5. The van der Waals surface area contributed by atoms with Crippen molar-refractivity contribution in [1.29, 1.82) is 0 Å². The van der Waals surface area contributed by atoms with Crippen molar-refractivity contribution in [3.63, 3.8) is 0 Å². The Hall–Kier alpha value is -2.63. The van der Waals surface area contributed by atoms with Gasteiger partial charge in [-0.25, -0.2) is 0 Å². The van der Waals surface area contributed by atoms with Crippen LogP contribution in [0.15, 0.2) is 48.5 Å². The lowest BCUT2D eigenvalue weighted by atomic mass is 10.1. The molecule has 2 aromatic carbocycles. The predicted molar refractivity (Wildman–Crippen MR) is 86.2 cm³/mol. The molecule has 2 aromatic rings. The van der Waals surface area contributed by atoms with Crippen molar-refractivity contribution < 1.29 is 23.0 Å². The van der Waals surface area contributed by atoms with Gasteiger partial charge in [0.25, 0.3) is 0 Å². The first-order valence-electron chi connectivity index (χ1n) is 7.50. The van der Waals surface area contributed by atoms with Gasteiger partial charge in [-0.15, -0.1) is 0 Å². The lowest BCUT2D eigenvalue weighted by molar-refractivity contribution is -0.121. The molecule has 0 aliphatic carbocycles. The number of rotatable bonds is 8. The van der Waals surface area contributed by atoms with E-state index in [1.54, 1.807) is 19.2 Å². The fraction of sp³-hybridized carbons (Fsp3) is 0.278. The largest absolute Gasteiger partial charge is 0.497 e. The van der Waals surface area contributed by atoms with Crippen LogP contribution in [0.2, 0.25) is 0 Å². The Morgan fingerprint density at radius 1 is 1.00 bits per heavy atom. The van der Waals surface area contributed by atoms with E-state index >= 15 is 0 Å². The number of benzene rings is 2. The Morgan fingerprint density at radius 3 is 2.17 bits per heavy atom. The molecule has 0 atom stereocenters. The van der Waals surface area contributed by atoms with Gasteiger partial charge in [0, 0.05) is 13.0 Å². The number of alkyl halides is 2. The zero-order valence-corrected chi connectivity index (χ0v) is 13.3. The Labute approximate surface area is 139 Å². The molecular formula is C18H19F2NO3. The Bertz CT molecular complexity index is 642. The van der Waals surface area contributed by atoms with Crippen LogP contribution in [0.5, 0.6) is 11.5 Å². The number of ether oxygens (including phenoxy) is 2. The minimum absolute atomic E-state index is 0.0706. The molecule has 0 saturated carbocycles. The summed E-state index contributed by atoms with van der Waals surface area (Å²) in [5, 5.41) is 2.80. The number of hydrogen-bond acceptors (Lipinski definition) is 3. The Kier molecular flexibility index (Phi) is 6.54. The Balaban J connectivity index is 1.74. The molecule has 1 N–H and O–H groups in total. The highest BCUT2D eigenvalue weighted by Crippen LogP contribution is 2.15. The van der Waals surface area contributed by atoms with Crippen LogP contribution in [-0.4, -0.2) is 19.6 Å². The highest BCUT2D eigenvalue weighted by atomic mass is 19.3. The average molecular weight is 335 g/mol. The van der Waals surface area contributed by atoms with Gasteiger partial charge in [-0.1, -0.05) is 24.3 Å². The van der Waals surface area contributed by atoms with E-state index in [1.807, 2.05) is 24.3 Å². The van der Waals surface area contributed by atoms with Crippen LogP contribution in [-0.2, 0) is 17.8 Å². The molecule has 0 fully saturated rings. The van der Waals surface area contributed by atoms with Crippen molar-refractivity contribution in [2.24, 2.45) is 0 Å². The van der Waals surface area contributed by atoms with Crippen LogP contribution in [0.4, 0.5) is 8.78 Å². The van der Waals surface area contributed by atoms with Crippen LogP contribution in [0.3, 0.4) is 0 Å². The predicted octanol–water partition coefficient (Wildman–Crippen LogP) is 3.55. The first-order valence-corrected chi connectivity index (χ1v) is 7.50. The lowest BCUT2D eigenvalue weighted by Gasteiger charge is -2.08. The minimum Gasteiger partial charge on any atom is -0.497 e. The molecule has 0 heterocycles. The van der Waals surface area contributed by atoms with Crippen molar-refractivity contribution in [2.45, 2.75) is 26.0 Å². The third-order valence-corrected chi connectivity index (χ3v) is 3.44. The van der Waals surface area contributed by atoms with Gasteiger partial charge in [-0.3, -0.25) is 4.79 Å². The Morgan fingerprint density at radius 2 is 1.58 bits per heavy atom. The molecule has 0 aromatic heterocycles. The summed E-state index contributed by atoms with van der Waals surface area (Å²) in [6.07, 6.45) is 1.01. The van der Waals surface area contributed by atoms with Gasteiger partial charge < -0.3 is 14.8 Å². The molecule has 1 amide bonds. The molecule has 0 radical (unpaired) electrons. The summed E-state index contributed by atoms with van der Waals surface area (Å²) in [6.45, 7) is -2.50. The normalized spacial score (nSPS) is 10.5. The molecule has 24 heavy (non-hydrogen) atoms. The van der Waals surface area contributed by atoms with Crippen LogP contribution in [0, 0.1) is 0 Å². The van der Waals surface area contributed by atoms with Crippen molar-refractivity contribution >= 4 is 5.91 Å². The first kappa shape index (κ1) is 17.7. The van der Waals surface area contributed by atoms with Gasteiger partial charge in [0.2, 0.25) is 5.91 Å². The number of carbonyl (C=O) groups excluding carboxylic acids is 1. The van der Waals surface area contributed by atoms with E-state index in [0.29, 0.717) is 19.4 Å². The molecule has 6 heteroatoms. The second-order valence-corrected chi connectivity index (χ2v) is 5.15. The minimum atomic E-state index is -2.84. The van der Waals surface area contributed by atoms with Crippen molar-refractivity contribution in [3.8, 4) is 11.5 Å². The third kappa shape index (κ3) is 5.87. The summed E-state index contributed by atoms with van der Waals surface area (Å²) in [5.74, 6) is 0.806. The fourth-order valence-corrected chi connectivity index (χ4v) is 2.13. The molecule has 128 valence electrons. The summed E-state index contributed by atoms with van der Waals surface area (Å²) >= 11 is 0. The van der Waals surface area contributed by atoms with Crippen LogP contribution >= 0.6 is 0 Å². The smallest absolute Gasteiger partial charge is 0.387 e. The fourth-order valence-electron chi connectivity index (χ4n) is 2.13. The number of hydrogen-bond donors (Lipinski definition) is 1. The molecular weight excluding hydrogens is 316 g/mol. The molecule has 0 aliphatic heterocycles. The van der Waals surface area contributed by atoms with E-state index in [4.69, 9.17) is 4.74 Å². The number of nitrogens with one attached hydrogen (secondary N) is 1. The molecule has 0 unspecified atom stereocenters. The monoisotopic (exact) mass is 335 g/mol. The summed E-state index contributed by atoms with van der Waals surface area (Å²) in [6, 6.07) is 13.7. The van der Waals surface area contributed by atoms with E-state index in [0.717, 1.165) is 16.9 Å². The maximum atomic E-state index is 12.1. The number of aryl methyl sites for hydroxylation is 1. The van der Waals surface area contributed by atoms with Gasteiger partial charge in [-0.2, -0.15) is 8.78 Å². The second kappa shape index (κ2) is 8.86. The average Bonchev–Trinajstić information content (AvgIpc) is 2.59. The van der Waals surface area contributed by atoms with Gasteiger partial charge in [-0.05, 0) is 41.8 Å². The quantitative estimate of drug-likeness (QED) is 0.803. The maximum Gasteiger partial charge on any atom is 0.387 e. The van der Waals surface area contributed by atoms with Crippen molar-refractivity contribution in [2.75, 3.05) is 7.11 Å². The van der Waals surface area contributed by atoms with Gasteiger partial charge in [0.1, 0.15) is 11.5 Å². The molecule has 0 saturated heterocycles. The highest BCUT2D eigenvalue weighted by Gasteiger charge is 2.05. The molecule has 4 nitrogen and oxygen atoms in total. The van der Waals surface area contributed by atoms with Gasteiger partial charge in [0.05, 0.1) is 7.11 Å². The van der Waals surface area contributed by atoms with Crippen molar-refractivity contribution in [1.82, 2.24) is 5.32 Å². The molecule has 0 spiro atoms. The number of methoxy groups -OCH3 is 1. The zero-order valence-electron chi connectivity index (χ0n) is 13.3. The van der Waals surface area contributed by atoms with Crippen molar-refractivity contribution in [3.05, 3.63) is 59.7 Å². The van der Waals surface area contributed by atoms with Crippen LogP contribution in [0.1, 0.15) is 17.5 Å². The van der Waals surface area contributed by atoms with Crippen LogP contribution < -0.4 is 14.8 Å². The highest BCUT2D eigenvalue weighted by molar-refractivity contribution is 5.76. The van der Waals surface area contributed by atoms with Crippen LogP contribution in [0.25, 0.3) is 0 Å². The van der Waals surface area contributed by atoms with E-state index in [1.165, 1.54) is 12.1 Å². The third-order valence-electron chi connectivity index (χ3n) is 3.44. The SMILES string of the molecule is COc1ccc(CCC(=O)NCc2ccc(OC(F)F)cc2)cc1. The molecule has 0 bridgehead atoms. The second-order valence-electron chi connectivity index (χ2n) is 5.15. The number of carbonyl (C=O) groups is 1. The summed E-state index contributed by atoms with van der Waals surface area (Å²) in [7, 11) is 1.61. The number of halogens is 2. The van der Waals surface area contributed by atoms with Gasteiger partial charge >= 0.3 is 6.61 Å². The molecule has 2 rings (SSSR count). The number of amides is 1. The standard InChI is InChI=1S/C18H19F2NO3/c1-23-15-7-2-13(3-8-15)6-11-17(22)21-12-14-4-9-16(10-5-14)24-18(19)20/h2-5,7-10,18H,6,11-12H2,1H3,(H,21,22). The van der Waals surface area contributed by atoms with E-state index in [-0.39, 0.29) is 11.7 Å². The maximum absolute atomic E-state index is 12.1. The summed E-state index contributed by atoms with van der Waals surface area (Å²) in [4.78, 5) is 11.9. The zero-order chi connectivity index (χ0) is 17.4. The van der Waals surface area contributed by atoms with E-state index in [9.17, 15) is 13.6 Å². The molecule has 0 aliphatic rings. The summed E-state index contributed by atoms with van der Waals surface area (Å²) in [5.41, 5.74) is 1.87. The lowest BCUT2D eigenvalue weighted by Crippen LogP contribution is -2.22. The first-order chi connectivity index (χ1) is 11.6. The van der Waals surface area contributed by atoms with E-state index < -0.39 is 6.61 Å². The van der Waals surface area contributed by atoms with Gasteiger partial charge in [0.15, 0.2) is 0 Å². The van der Waals surface area contributed by atoms with E-state index in [2.05, 4.69) is 10.1 Å².